The fourth-order valence-electron chi connectivity index (χ4n) is 3.79. The molecule has 0 bridgehead atoms. The van der Waals surface area contributed by atoms with Crippen molar-refractivity contribution in [2.45, 2.75) is 19.9 Å². The SMILES string of the molecule is CCCOc1ccc(C2=C(N(C)c3ccccc3)C(=O)N(Cc3ccccc3F)C2=O)cc1. The molecule has 0 saturated carbocycles. The number of nitrogens with zero attached hydrogens (tertiary/aromatic N) is 2. The molecule has 1 aliphatic heterocycles. The van der Waals surface area contributed by atoms with Crippen LogP contribution in [0.25, 0.3) is 5.57 Å². The van der Waals surface area contributed by atoms with Crippen molar-refractivity contribution in [3.05, 3.63) is 102 Å². The molecular weight excluding hydrogens is 419 g/mol. The molecule has 5 nitrogen and oxygen atoms in total. The van der Waals surface area contributed by atoms with Crippen molar-refractivity contribution in [2.24, 2.45) is 0 Å². The van der Waals surface area contributed by atoms with Crippen molar-refractivity contribution in [1.82, 2.24) is 4.90 Å². The van der Waals surface area contributed by atoms with Crippen LogP contribution >= 0.6 is 0 Å². The van der Waals surface area contributed by atoms with E-state index < -0.39 is 17.6 Å². The summed E-state index contributed by atoms with van der Waals surface area (Å²) in [4.78, 5) is 29.8. The number of amides is 2. The van der Waals surface area contributed by atoms with E-state index >= 15 is 0 Å². The third-order valence-electron chi connectivity index (χ3n) is 5.52. The number of hydrogen-bond acceptors (Lipinski definition) is 4. The monoisotopic (exact) mass is 444 g/mol. The van der Waals surface area contributed by atoms with E-state index in [4.69, 9.17) is 4.74 Å². The van der Waals surface area contributed by atoms with Crippen LogP contribution in [0.15, 0.2) is 84.6 Å². The molecule has 0 atom stereocenters. The normalized spacial score (nSPS) is 13.6. The molecule has 4 rings (SSSR count). The van der Waals surface area contributed by atoms with Crippen LogP contribution < -0.4 is 9.64 Å². The lowest BCUT2D eigenvalue weighted by Crippen LogP contribution is -2.34. The molecule has 0 fully saturated rings. The largest absolute Gasteiger partial charge is 0.494 e. The van der Waals surface area contributed by atoms with Crippen LogP contribution in [-0.4, -0.2) is 30.4 Å². The van der Waals surface area contributed by atoms with E-state index in [2.05, 4.69) is 0 Å². The molecule has 0 radical (unpaired) electrons. The number of ether oxygens (including phenoxy) is 1. The fraction of sp³-hybridized carbons (Fsp3) is 0.185. The van der Waals surface area contributed by atoms with Gasteiger partial charge in [-0.25, -0.2) is 4.39 Å². The molecule has 0 spiro atoms. The van der Waals surface area contributed by atoms with E-state index in [1.807, 2.05) is 37.3 Å². The summed E-state index contributed by atoms with van der Waals surface area (Å²) in [6.07, 6.45) is 0.886. The van der Waals surface area contributed by atoms with Gasteiger partial charge in [0.05, 0.1) is 18.7 Å². The van der Waals surface area contributed by atoms with Gasteiger partial charge in [0.2, 0.25) is 0 Å². The zero-order valence-corrected chi connectivity index (χ0v) is 18.6. The molecule has 0 saturated heterocycles. The van der Waals surface area contributed by atoms with Crippen LogP contribution in [-0.2, 0) is 16.1 Å². The highest BCUT2D eigenvalue weighted by Gasteiger charge is 2.41. The number of para-hydroxylation sites is 1. The Morgan fingerprint density at radius 2 is 1.55 bits per heavy atom. The molecular formula is C27H25FN2O3. The lowest BCUT2D eigenvalue weighted by molar-refractivity contribution is -0.137. The molecule has 3 aromatic carbocycles. The Balaban J connectivity index is 1.75. The summed E-state index contributed by atoms with van der Waals surface area (Å²) in [6.45, 7) is 2.48. The summed E-state index contributed by atoms with van der Waals surface area (Å²) >= 11 is 0. The van der Waals surface area contributed by atoms with Gasteiger partial charge in [-0.3, -0.25) is 14.5 Å². The number of carbonyl (C=O) groups excluding carboxylic acids is 2. The van der Waals surface area contributed by atoms with E-state index in [-0.39, 0.29) is 23.4 Å². The van der Waals surface area contributed by atoms with Crippen LogP contribution in [0.1, 0.15) is 24.5 Å². The van der Waals surface area contributed by atoms with Crippen molar-refractivity contribution in [3.8, 4) is 5.75 Å². The van der Waals surface area contributed by atoms with E-state index in [1.54, 1.807) is 54.4 Å². The highest BCUT2D eigenvalue weighted by atomic mass is 19.1. The first-order valence-electron chi connectivity index (χ1n) is 10.9. The number of benzene rings is 3. The Labute approximate surface area is 192 Å². The second kappa shape index (κ2) is 9.69. The minimum Gasteiger partial charge on any atom is -0.494 e. The van der Waals surface area contributed by atoms with E-state index in [0.717, 1.165) is 17.0 Å². The molecule has 2 amide bonds. The van der Waals surface area contributed by atoms with Crippen LogP contribution in [0, 0.1) is 5.82 Å². The molecule has 0 aromatic heterocycles. The standard InChI is InChI=1S/C27H25FN2O3/c1-3-17-33-22-15-13-19(14-16-22)24-25(29(2)21-10-5-4-6-11-21)27(32)30(26(24)31)18-20-9-7-8-12-23(20)28/h4-16H,3,17-18H2,1-2H3. The second-order valence-electron chi connectivity index (χ2n) is 7.78. The lowest BCUT2D eigenvalue weighted by atomic mass is 10.0. The molecule has 1 aliphatic rings. The van der Waals surface area contributed by atoms with Crippen molar-refractivity contribution >= 4 is 23.1 Å². The van der Waals surface area contributed by atoms with Gasteiger partial charge in [-0.15, -0.1) is 0 Å². The molecule has 33 heavy (non-hydrogen) atoms. The summed E-state index contributed by atoms with van der Waals surface area (Å²) in [7, 11) is 1.75. The maximum Gasteiger partial charge on any atom is 0.278 e. The molecule has 168 valence electrons. The Morgan fingerprint density at radius 1 is 0.879 bits per heavy atom. The fourth-order valence-corrected chi connectivity index (χ4v) is 3.79. The first-order chi connectivity index (χ1) is 16.0. The van der Waals surface area contributed by atoms with Crippen molar-refractivity contribution in [1.29, 1.82) is 0 Å². The Morgan fingerprint density at radius 3 is 2.21 bits per heavy atom. The summed E-state index contributed by atoms with van der Waals surface area (Å²) in [5.74, 6) is -0.680. The van der Waals surface area contributed by atoms with E-state index in [9.17, 15) is 14.0 Å². The van der Waals surface area contributed by atoms with Gasteiger partial charge in [0.15, 0.2) is 0 Å². The van der Waals surface area contributed by atoms with Gasteiger partial charge in [0, 0.05) is 18.3 Å². The Hall–Kier alpha value is -3.93. The second-order valence-corrected chi connectivity index (χ2v) is 7.78. The van der Waals surface area contributed by atoms with Gasteiger partial charge in [-0.2, -0.15) is 0 Å². The summed E-state index contributed by atoms with van der Waals surface area (Å²) in [5.41, 5.74) is 2.19. The van der Waals surface area contributed by atoms with Gasteiger partial charge in [0.1, 0.15) is 17.3 Å². The van der Waals surface area contributed by atoms with Crippen molar-refractivity contribution < 1.29 is 18.7 Å². The number of carbonyl (C=O) groups is 2. The third-order valence-corrected chi connectivity index (χ3v) is 5.52. The van der Waals surface area contributed by atoms with Crippen LogP contribution in [0.5, 0.6) is 5.75 Å². The average molecular weight is 445 g/mol. The van der Waals surface area contributed by atoms with Gasteiger partial charge < -0.3 is 9.64 Å². The zero-order chi connectivity index (χ0) is 23.4. The minimum atomic E-state index is -0.462. The smallest absolute Gasteiger partial charge is 0.278 e. The maximum absolute atomic E-state index is 14.3. The topological polar surface area (TPSA) is 49.9 Å². The number of hydrogen-bond donors (Lipinski definition) is 0. The summed E-state index contributed by atoms with van der Waals surface area (Å²) < 4.78 is 19.9. The first kappa shape index (κ1) is 22.3. The molecule has 0 N–H and O–H groups in total. The molecule has 0 aliphatic carbocycles. The van der Waals surface area contributed by atoms with Crippen LogP contribution in [0.4, 0.5) is 10.1 Å². The molecule has 3 aromatic rings. The van der Waals surface area contributed by atoms with Crippen molar-refractivity contribution in [2.75, 3.05) is 18.6 Å². The van der Waals surface area contributed by atoms with Gasteiger partial charge >= 0.3 is 0 Å². The number of halogens is 1. The number of likely N-dealkylation sites (N-methyl/N-ethyl adjacent to an activating group) is 1. The number of rotatable bonds is 8. The zero-order valence-electron chi connectivity index (χ0n) is 18.6. The first-order valence-corrected chi connectivity index (χ1v) is 10.9. The van der Waals surface area contributed by atoms with Crippen molar-refractivity contribution in [3.63, 3.8) is 0 Å². The van der Waals surface area contributed by atoms with Gasteiger partial charge in [-0.1, -0.05) is 55.5 Å². The summed E-state index contributed by atoms with van der Waals surface area (Å²) in [6, 6.07) is 22.6. The van der Waals surface area contributed by atoms with E-state index in [0.29, 0.717) is 17.9 Å². The highest BCUT2D eigenvalue weighted by molar-refractivity contribution is 6.36. The van der Waals surface area contributed by atoms with Crippen LogP contribution in [0.3, 0.4) is 0 Å². The Kier molecular flexibility index (Phi) is 6.54. The molecule has 1 heterocycles. The molecule has 6 heteroatoms. The molecule has 0 unspecified atom stereocenters. The van der Waals surface area contributed by atoms with Gasteiger partial charge in [0.25, 0.3) is 11.8 Å². The highest BCUT2D eigenvalue weighted by Crippen LogP contribution is 2.35. The third kappa shape index (κ3) is 4.51. The summed E-state index contributed by atoms with van der Waals surface area (Å²) in [5, 5.41) is 0. The predicted octanol–water partition coefficient (Wildman–Crippen LogP) is 5.03. The Bertz CT molecular complexity index is 1190. The van der Waals surface area contributed by atoms with Gasteiger partial charge in [-0.05, 0) is 42.3 Å². The van der Waals surface area contributed by atoms with E-state index in [1.165, 1.54) is 6.07 Å². The van der Waals surface area contributed by atoms with Crippen LogP contribution in [0.2, 0.25) is 0 Å². The minimum absolute atomic E-state index is 0.141. The predicted molar refractivity (Wildman–Crippen MR) is 126 cm³/mol. The lowest BCUT2D eigenvalue weighted by Gasteiger charge is -2.21. The average Bonchev–Trinajstić information content (AvgIpc) is 3.09. The quantitative estimate of drug-likeness (QED) is 0.457. The maximum atomic E-state index is 14.3. The number of imide groups is 1. The number of anilines is 1.